The molecule has 1 unspecified atom stereocenters. The van der Waals surface area contributed by atoms with Gasteiger partial charge in [-0.25, -0.2) is 9.80 Å². The van der Waals surface area contributed by atoms with Crippen LogP contribution in [0.5, 0.6) is 0 Å². The normalized spacial score (nSPS) is 23.4. The SMILES string of the molecule is COC(=O)C1CN(C(=O)C2=NN(C)C(=O)CC2)CCO1. The minimum atomic E-state index is -0.763. The quantitative estimate of drug-likeness (QED) is 0.606. The molecule has 2 amide bonds. The van der Waals surface area contributed by atoms with Crippen LogP contribution in [0.2, 0.25) is 0 Å². The van der Waals surface area contributed by atoms with E-state index in [4.69, 9.17) is 4.74 Å². The van der Waals surface area contributed by atoms with E-state index in [1.807, 2.05) is 0 Å². The standard InChI is InChI=1S/C12H17N3O5/c1-14-10(16)4-3-8(13-14)11(17)15-5-6-20-9(7-15)12(18)19-2/h9H,3-7H2,1-2H3. The topological polar surface area (TPSA) is 88.5 Å². The molecule has 0 aromatic rings. The number of hydrazone groups is 1. The van der Waals surface area contributed by atoms with Crippen LogP contribution in [0.25, 0.3) is 0 Å². The van der Waals surface area contributed by atoms with Gasteiger partial charge in [0.15, 0.2) is 6.10 Å². The molecule has 20 heavy (non-hydrogen) atoms. The van der Waals surface area contributed by atoms with Crippen molar-refractivity contribution in [3.63, 3.8) is 0 Å². The first-order chi connectivity index (χ1) is 9.52. The molecule has 2 rings (SSSR count). The third-order valence-corrected chi connectivity index (χ3v) is 3.27. The van der Waals surface area contributed by atoms with Crippen molar-refractivity contribution in [1.29, 1.82) is 0 Å². The maximum Gasteiger partial charge on any atom is 0.336 e. The largest absolute Gasteiger partial charge is 0.467 e. The van der Waals surface area contributed by atoms with E-state index in [0.717, 1.165) is 0 Å². The highest BCUT2D eigenvalue weighted by molar-refractivity contribution is 6.39. The molecule has 0 N–H and O–H groups in total. The first-order valence-electron chi connectivity index (χ1n) is 6.35. The number of nitrogens with zero attached hydrogens (tertiary/aromatic N) is 3. The van der Waals surface area contributed by atoms with E-state index < -0.39 is 12.1 Å². The predicted octanol–water partition coefficient (Wildman–Crippen LogP) is -1.00. The molecule has 0 aliphatic carbocycles. The summed E-state index contributed by atoms with van der Waals surface area (Å²) < 4.78 is 9.87. The second-order valence-corrected chi connectivity index (χ2v) is 4.60. The summed E-state index contributed by atoms with van der Waals surface area (Å²) in [5.41, 5.74) is 0.331. The number of hydrogen-bond acceptors (Lipinski definition) is 6. The van der Waals surface area contributed by atoms with Crippen LogP contribution in [-0.4, -0.2) is 73.4 Å². The van der Waals surface area contributed by atoms with Gasteiger partial charge >= 0.3 is 5.97 Å². The molecule has 0 aromatic heterocycles. The van der Waals surface area contributed by atoms with E-state index in [9.17, 15) is 14.4 Å². The van der Waals surface area contributed by atoms with E-state index in [0.29, 0.717) is 18.7 Å². The minimum absolute atomic E-state index is 0.115. The van der Waals surface area contributed by atoms with Gasteiger partial charge in [0.2, 0.25) is 5.91 Å². The van der Waals surface area contributed by atoms with Crippen LogP contribution >= 0.6 is 0 Å². The van der Waals surface area contributed by atoms with Gasteiger partial charge in [0.05, 0.1) is 20.3 Å². The molecule has 2 aliphatic heterocycles. The van der Waals surface area contributed by atoms with Gasteiger partial charge in [-0.15, -0.1) is 0 Å². The van der Waals surface area contributed by atoms with Gasteiger partial charge in [-0.1, -0.05) is 0 Å². The summed E-state index contributed by atoms with van der Waals surface area (Å²) in [4.78, 5) is 36.6. The number of carbonyl (C=O) groups is 3. The van der Waals surface area contributed by atoms with Crippen LogP contribution in [0.3, 0.4) is 0 Å². The van der Waals surface area contributed by atoms with Crippen molar-refractivity contribution in [2.75, 3.05) is 33.9 Å². The second-order valence-electron chi connectivity index (χ2n) is 4.60. The molecule has 8 heteroatoms. The van der Waals surface area contributed by atoms with E-state index >= 15 is 0 Å². The van der Waals surface area contributed by atoms with Crippen LogP contribution in [0.4, 0.5) is 0 Å². The maximum absolute atomic E-state index is 12.3. The van der Waals surface area contributed by atoms with E-state index in [1.54, 1.807) is 0 Å². The number of esters is 1. The molecule has 2 aliphatic rings. The lowest BCUT2D eigenvalue weighted by molar-refractivity contribution is -0.161. The number of ether oxygens (including phenoxy) is 2. The van der Waals surface area contributed by atoms with Gasteiger partial charge in [-0.3, -0.25) is 9.59 Å². The fraction of sp³-hybridized carbons (Fsp3) is 0.667. The van der Waals surface area contributed by atoms with E-state index in [-0.39, 0.29) is 31.4 Å². The first kappa shape index (κ1) is 14.4. The van der Waals surface area contributed by atoms with Gasteiger partial charge in [0.25, 0.3) is 5.91 Å². The third kappa shape index (κ3) is 2.96. The molecule has 0 aromatic carbocycles. The lowest BCUT2D eigenvalue weighted by Gasteiger charge is -2.32. The summed E-state index contributed by atoms with van der Waals surface area (Å²) in [5.74, 6) is -0.877. The Morgan fingerprint density at radius 1 is 1.40 bits per heavy atom. The molecule has 1 atom stereocenters. The van der Waals surface area contributed by atoms with Crippen LogP contribution in [0.15, 0.2) is 5.10 Å². The average Bonchev–Trinajstić information content (AvgIpc) is 2.48. The Morgan fingerprint density at radius 3 is 2.80 bits per heavy atom. The highest BCUT2D eigenvalue weighted by Gasteiger charge is 2.33. The highest BCUT2D eigenvalue weighted by atomic mass is 16.6. The van der Waals surface area contributed by atoms with Gasteiger partial charge in [-0.05, 0) is 0 Å². The molecule has 8 nitrogen and oxygen atoms in total. The van der Waals surface area contributed by atoms with Crippen molar-refractivity contribution < 1.29 is 23.9 Å². The van der Waals surface area contributed by atoms with E-state index in [1.165, 1.54) is 24.1 Å². The molecular formula is C12H17N3O5. The van der Waals surface area contributed by atoms with Gasteiger partial charge in [-0.2, -0.15) is 5.10 Å². The summed E-state index contributed by atoms with van der Waals surface area (Å²) >= 11 is 0. The number of morpholine rings is 1. The fourth-order valence-electron chi connectivity index (χ4n) is 2.11. The summed E-state index contributed by atoms with van der Waals surface area (Å²) in [6.45, 7) is 0.804. The Balaban J connectivity index is 2.04. The Kier molecular flexibility index (Phi) is 4.33. The summed E-state index contributed by atoms with van der Waals surface area (Å²) in [7, 11) is 2.80. The summed E-state index contributed by atoms with van der Waals surface area (Å²) in [5, 5.41) is 5.16. The Bertz CT molecular complexity index is 462. The van der Waals surface area contributed by atoms with Crippen molar-refractivity contribution in [1.82, 2.24) is 9.91 Å². The molecule has 2 heterocycles. The Hall–Kier alpha value is -1.96. The number of hydrogen-bond donors (Lipinski definition) is 0. The van der Waals surface area contributed by atoms with Crippen molar-refractivity contribution in [3.05, 3.63) is 0 Å². The zero-order chi connectivity index (χ0) is 14.7. The number of rotatable bonds is 2. The van der Waals surface area contributed by atoms with Crippen molar-refractivity contribution in [2.24, 2.45) is 5.10 Å². The Morgan fingerprint density at radius 2 is 2.15 bits per heavy atom. The van der Waals surface area contributed by atoms with Crippen LogP contribution in [-0.2, 0) is 23.9 Å². The highest BCUT2D eigenvalue weighted by Crippen LogP contribution is 2.12. The molecule has 110 valence electrons. The molecular weight excluding hydrogens is 266 g/mol. The second kappa shape index (κ2) is 6.00. The smallest absolute Gasteiger partial charge is 0.336 e. The van der Waals surface area contributed by atoms with Crippen molar-refractivity contribution >= 4 is 23.5 Å². The zero-order valence-corrected chi connectivity index (χ0v) is 11.5. The molecule has 0 spiro atoms. The molecule has 0 saturated carbocycles. The van der Waals surface area contributed by atoms with Crippen LogP contribution < -0.4 is 0 Å². The number of amides is 2. The predicted molar refractivity (Wildman–Crippen MR) is 67.8 cm³/mol. The summed E-state index contributed by atoms with van der Waals surface area (Å²) in [6.07, 6.45) is -0.171. The first-order valence-corrected chi connectivity index (χ1v) is 6.35. The minimum Gasteiger partial charge on any atom is -0.467 e. The van der Waals surface area contributed by atoms with Gasteiger partial charge in [0, 0.05) is 26.4 Å². The molecule has 0 radical (unpaired) electrons. The van der Waals surface area contributed by atoms with E-state index in [2.05, 4.69) is 9.84 Å². The number of carbonyl (C=O) groups excluding carboxylic acids is 3. The van der Waals surface area contributed by atoms with Crippen molar-refractivity contribution in [2.45, 2.75) is 18.9 Å². The van der Waals surface area contributed by atoms with Gasteiger partial charge < -0.3 is 14.4 Å². The third-order valence-electron chi connectivity index (χ3n) is 3.27. The van der Waals surface area contributed by atoms with Crippen molar-refractivity contribution in [3.8, 4) is 0 Å². The van der Waals surface area contributed by atoms with Crippen LogP contribution in [0, 0.1) is 0 Å². The molecule has 1 fully saturated rings. The zero-order valence-electron chi connectivity index (χ0n) is 11.5. The lowest BCUT2D eigenvalue weighted by Crippen LogP contribution is -2.51. The van der Waals surface area contributed by atoms with Gasteiger partial charge in [0.1, 0.15) is 5.71 Å². The monoisotopic (exact) mass is 283 g/mol. The lowest BCUT2D eigenvalue weighted by atomic mass is 10.1. The summed E-state index contributed by atoms with van der Waals surface area (Å²) in [6, 6.07) is 0. The number of methoxy groups -OCH3 is 1. The van der Waals surface area contributed by atoms with Crippen LogP contribution in [0.1, 0.15) is 12.8 Å². The fourth-order valence-corrected chi connectivity index (χ4v) is 2.11. The molecule has 0 bridgehead atoms. The molecule has 1 saturated heterocycles. The average molecular weight is 283 g/mol. The Labute approximate surface area is 116 Å². The maximum atomic E-state index is 12.3.